The molecule has 0 fully saturated rings. The topological polar surface area (TPSA) is 64.7 Å². The van der Waals surface area contributed by atoms with Gasteiger partial charge in [0, 0.05) is 49.9 Å². The van der Waals surface area contributed by atoms with Crippen LogP contribution < -0.4 is 5.32 Å². The molecule has 1 N–H and O–H groups in total. The SMILES string of the molecule is CCc1nccn1CCCNC(=O)c1cccc(Cn2cccn2)c1. The van der Waals surface area contributed by atoms with Gasteiger partial charge in [-0.05, 0) is 30.2 Å². The fourth-order valence-electron chi connectivity index (χ4n) is 2.80. The van der Waals surface area contributed by atoms with E-state index in [1.165, 1.54) is 0 Å². The third-order valence-electron chi connectivity index (χ3n) is 4.07. The Kier molecular flexibility index (Phi) is 5.61. The number of benzene rings is 1. The van der Waals surface area contributed by atoms with Gasteiger partial charge in [0.2, 0.25) is 0 Å². The first kappa shape index (κ1) is 17.0. The van der Waals surface area contributed by atoms with Crippen LogP contribution in [0.25, 0.3) is 0 Å². The first-order chi connectivity index (χ1) is 12.3. The zero-order chi connectivity index (χ0) is 17.5. The van der Waals surface area contributed by atoms with E-state index in [0.29, 0.717) is 18.7 Å². The van der Waals surface area contributed by atoms with E-state index in [1.54, 1.807) is 6.20 Å². The van der Waals surface area contributed by atoms with E-state index in [9.17, 15) is 4.79 Å². The minimum Gasteiger partial charge on any atom is -0.352 e. The number of hydrogen-bond donors (Lipinski definition) is 1. The summed E-state index contributed by atoms with van der Waals surface area (Å²) in [6.07, 6.45) is 9.26. The molecule has 0 bridgehead atoms. The molecule has 3 aromatic rings. The molecule has 0 unspecified atom stereocenters. The first-order valence-corrected chi connectivity index (χ1v) is 8.61. The van der Waals surface area contributed by atoms with Gasteiger partial charge in [0.1, 0.15) is 5.82 Å². The number of nitrogens with zero attached hydrogens (tertiary/aromatic N) is 4. The summed E-state index contributed by atoms with van der Waals surface area (Å²) in [5, 5.41) is 7.18. The molecule has 130 valence electrons. The van der Waals surface area contributed by atoms with Crippen LogP contribution >= 0.6 is 0 Å². The number of imidazole rings is 1. The Bertz CT molecular complexity index is 807. The number of aryl methyl sites for hydroxylation is 2. The molecule has 2 heterocycles. The number of rotatable bonds is 8. The summed E-state index contributed by atoms with van der Waals surface area (Å²) in [4.78, 5) is 16.6. The summed E-state index contributed by atoms with van der Waals surface area (Å²) < 4.78 is 3.98. The van der Waals surface area contributed by atoms with Crippen molar-refractivity contribution in [2.24, 2.45) is 0 Å². The molecular formula is C19H23N5O. The number of aromatic nitrogens is 4. The molecule has 1 aromatic carbocycles. The molecule has 0 saturated carbocycles. The predicted molar refractivity (Wildman–Crippen MR) is 96.3 cm³/mol. The first-order valence-electron chi connectivity index (χ1n) is 8.61. The van der Waals surface area contributed by atoms with Crippen LogP contribution in [0.1, 0.15) is 35.1 Å². The van der Waals surface area contributed by atoms with Crippen molar-refractivity contribution in [1.29, 1.82) is 0 Å². The van der Waals surface area contributed by atoms with Gasteiger partial charge in [0.25, 0.3) is 5.91 Å². The number of carbonyl (C=O) groups excluding carboxylic acids is 1. The lowest BCUT2D eigenvalue weighted by atomic mass is 10.1. The summed E-state index contributed by atoms with van der Waals surface area (Å²) in [5.74, 6) is 1.04. The fraction of sp³-hybridized carbons (Fsp3) is 0.316. The zero-order valence-electron chi connectivity index (χ0n) is 14.4. The smallest absolute Gasteiger partial charge is 0.251 e. The lowest BCUT2D eigenvalue weighted by Crippen LogP contribution is -2.25. The molecule has 3 rings (SSSR count). The van der Waals surface area contributed by atoms with Crippen LogP contribution in [0.3, 0.4) is 0 Å². The van der Waals surface area contributed by atoms with E-state index >= 15 is 0 Å². The number of nitrogens with one attached hydrogen (secondary N) is 1. The van der Waals surface area contributed by atoms with E-state index < -0.39 is 0 Å². The van der Waals surface area contributed by atoms with Crippen LogP contribution in [0.15, 0.2) is 55.1 Å². The Labute approximate surface area is 147 Å². The average Bonchev–Trinajstić information content (AvgIpc) is 3.30. The van der Waals surface area contributed by atoms with Crippen molar-refractivity contribution in [1.82, 2.24) is 24.6 Å². The normalized spacial score (nSPS) is 10.8. The maximum atomic E-state index is 12.3. The second kappa shape index (κ2) is 8.28. The van der Waals surface area contributed by atoms with E-state index in [2.05, 4.69) is 26.9 Å². The van der Waals surface area contributed by atoms with Crippen LogP contribution in [0.5, 0.6) is 0 Å². The van der Waals surface area contributed by atoms with Gasteiger partial charge < -0.3 is 9.88 Å². The molecule has 0 saturated heterocycles. The molecular weight excluding hydrogens is 314 g/mol. The maximum Gasteiger partial charge on any atom is 0.251 e. The molecule has 0 aliphatic rings. The Hall–Kier alpha value is -2.89. The fourth-order valence-corrected chi connectivity index (χ4v) is 2.80. The monoisotopic (exact) mass is 337 g/mol. The molecule has 6 heteroatoms. The second-order valence-electron chi connectivity index (χ2n) is 5.90. The van der Waals surface area contributed by atoms with Crippen LogP contribution in [0, 0.1) is 0 Å². The van der Waals surface area contributed by atoms with E-state index in [4.69, 9.17) is 0 Å². The highest BCUT2D eigenvalue weighted by Crippen LogP contribution is 2.07. The lowest BCUT2D eigenvalue weighted by Gasteiger charge is -2.09. The number of hydrogen-bond acceptors (Lipinski definition) is 3. The molecule has 0 atom stereocenters. The Balaban J connectivity index is 1.49. The molecule has 6 nitrogen and oxygen atoms in total. The molecule has 0 aliphatic carbocycles. The van der Waals surface area contributed by atoms with E-state index in [-0.39, 0.29) is 5.91 Å². The second-order valence-corrected chi connectivity index (χ2v) is 5.90. The number of carbonyl (C=O) groups is 1. The Morgan fingerprint density at radius 2 is 2.12 bits per heavy atom. The van der Waals surface area contributed by atoms with Gasteiger partial charge in [-0.3, -0.25) is 9.48 Å². The van der Waals surface area contributed by atoms with Gasteiger partial charge in [-0.2, -0.15) is 5.10 Å². The van der Waals surface area contributed by atoms with Gasteiger partial charge in [-0.1, -0.05) is 19.1 Å². The van der Waals surface area contributed by atoms with Crippen molar-refractivity contribution in [3.63, 3.8) is 0 Å². The van der Waals surface area contributed by atoms with Gasteiger partial charge in [-0.15, -0.1) is 0 Å². The highest BCUT2D eigenvalue weighted by molar-refractivity contribution is 5.94. The Morgan fingerprint density at radius 1 is 1.20 bits per heavy atom. The molecule has 0 spiro atoms. The third-order valence-corrected chi connectivity index (χ3v) is 4.07. The standard InChI is InChI=1S/C19H23N5O/c1-2-18-20-10-13-23(18)11-4-8-21-19(25)17-7-3-6-16(14-17)15-24-12-5-9-22-24/h3,5-7,9-10,12-14H,2,4,8,11,15H2,1H3,(H,21,25). The molecule has 0 aliphatic heterocycles. The molecule has 0 radical (unpaired) electrons. The van der Waals surface area contributed by atoms with Crippen molar-refractivity contribution < 1.29 is 4.79 Å². The van der Waals surface area contributed by atoms with Crippen LogP contribution in [0.4, 0.5) is 0 Å². The predicted octanol–water partition coefficient (Wildman–Crippen LogP) is 2.51. The van der Waals surface area contributed by atoms with Crippen LogP contribution in [-0.2, 0) is 19.5 Å². The van der Waals surface area contributed by atoms with Gasteiger partial charge in [-0.25, -0.2) is 4.98 Å². The summed E-state index contributed by atoms with van der Waals surface area (Å²) in [7, 11) is 0. The van der Waals surface area contributed by atoms with Crippen molar-refractivity contribution in [3.05, 3.63) is 72.1 Å². The highest BCUT2D eigenvalue weighted by atomic mass is 16.1. The summed E-state index contributed by atoms with van der Waals surface area (Å²) in [6, 6.07) is 9.56. The van der Waals surface area contributed by atoms with Crippen LogP contribution in [-0.4, -0.2) is 31.8 Å². The van der Waals surface area contributed by atoms with Crippen molar-refractivity contribution in [2.45, 2.75) is 32.9 Å². The summed E-state index contributed by atoms with van der Waals surface area (Å²) in [6.45, 7) is 4.26. The quantitative estimate of drug-likeness (QED) is 0.642. The van der Waals surface area contributed by atoms with Crippen molar-refractivity contribution in [3.8, 4) is 0 Å². The lowest BCUT2D eigenvalue weighted by molar-refractivity contribution is 0.0952. The maximum absolute atomic E-state index is 12.3. The van der Waals surface area contributed by atoms with Crippen LogP contribution in [0.2, 0.25) is 0 Å². The molecule has 25 heavy (non-hydrogen) atoms. The van der Waals surface area contributed by atoms with Gasteiger partial charge in [0.05, 0.1) is 6.54 Å². The molecule has 2 aromatic heterocycles. The zero-order valence-corrected chi connectivity index (χ0v) is 14.4. The van der Waals surface area contributed by atoms with Gasteiger partial charge in [0.15, 0.2) is 0 Å². The summed E-state index contributed by atoms with van der Waals surface area (Å²) in [5.41, 5.74) is 1.74. The minimum atomic E-state index is -0.0383. The highest BCUT2D eigenvalue weighted by Gasteiger charge is 2.06. The van der Waals surface area contributed by atoms with E-state index in [1.807, 2.05) is 53.6 Å². The average molecular weight is 337 g/mol. The third kappa shape index (κ3) is 4.56. The Morgan fingerprint density at radius 3 is 2.92 bits per heavy atom. The minimum absolute atomic E-state index is 0.0383. The largest absolute Gasteiger partial charge is 0.352 e. The number of amides is 1. The van der Waals surface area contributed by atoms with Crippen molar-refractivity contribution in [2.75, 3.05) is 6.54 Å². The molecule has 1 amide bonds. The van der Waals surface area contributed by atoms with E-state index in [0.717, 1.165) is 30.8 Å². The summed E-state index contributed by atoms with van der Waals surface area (Å²) >= 11 is 0. The van der Waals surface area contributed by atoms with Crippen molar-refractivity contribution >= 4 is 5.91 Å². The van der Waals surface area contributed by atoms with Gasteiger partial charge >= 0.3 is 0 Å².